The lowest BCUT2D eigenvalue weighted by Crippen LogP contribution is -2.39. The van der Waals surface area contributed by atoms with Crippen molar-refractivity contribution < 1.29 is 9.18 Å². The summed E-state index contributed by atoms with van der Waals surface area (Å²) in [6.45, 7) is 6.31. The molecule has 0 radical (unpaired) electrons. The lowest BCUT2D eigenvalue weighted by atomic mass is 9.98. The van der Waals surface area contributed by atoms with E-state index in [9.17, 15) is 14.0 Å². The molecular weight excluding hydrogens is 658 g/mol. The highest BCUT2D eigenvalue weighted by atomic mass is 35.5. The third-order valence-electron chi connectivity index (χ3n) is 7.72. The maximum Gasteiger partial charge on any atom is 0.277 e. The van der Waals surface area contributed by atoms with Crippen molar-refractivity contribution in [3.05, 3.63) is 135 Å². The number of H-pyrrole nitrogens is 1. The number of rotatable bonds is 14. The van der Waals surface area contributed by atoms with Gasteiger partial charge in [0.15, 0.2) is 5.16 Å². The smallest absolute Gasteiger partial charge is 0.277 e. The first-order chi connectivity index (χ1) is 22.3. The average molecular weight is 696 g/mol. The fourth-order valence-electron chi connectivity index (χ4n) is 5.02. The van der Waals surface area contributed by atoms with Gasteiger partial charge in [-0.05, 0) is 58.6 Å². The minimum absolute atomic E-state index is 0. The van der Waals surface area contributed by atoms with Crippen LogP contribution in [0.25, 0.3) is 11.1 Å². The second-order valence-electron chi connectivity index (χ2n) is 11.0. The third-order valence-corrected chi connectivity index (χ3v) is 9.04. The van der Waals surface area contributed by atoms with Gasteiger partial charge in [-0.15, -0.1) is 12.4 Å². The molecule has 0 bridgehead atoms. The second kappa shape index (κ2) is 17.3. The van der Waals surface area contributed by atoms with Gasteiger partial charge in [0.05, 0.1) is 6.20 Å². The molecule has 0 spiro atoms. The van der Waals surface area contributed by atoms with Gasteiger partial charge in [0, 0.05) is 54.3 Å². The molecule has 5 aromatic rings. The molecule has 12 heteroatoms. The van der Waals surface area contributed by atoms with Gasteiger partial charge >= 0.3 is 0 Å². The maximum absolute atomic E-state index is 14.0. The highest BCUT2D eigenvalue weighted by molar-refractivity contribution is 7.98. The summed E-state index contributed by atoms with van der Waals surface area (Å²) in [6, 6.07) is 22.1. The Kier molecular flexibility index (Phi) is 13.2. The maximum atomic E-state index is 14.0. The van der Waals surface area contributed by atoms with Crippen LogP contribution in [-0.2, 0) is 23.6 Å². The molecular formula is C35H37Cl2FN6O2S. The molecule has 47 heavy (non-hydrogen) atoms. The summed E-state index contributed by atoms with van der Waals surface area (Å²) in [7, 11) is 0. The predicted molar refractivity (Wildman–Crippen MR) is 189 cm³/mol. The molecule has 246 valence electrons. The largest absolute Gasteiger partial charge is 0.336 e. The Labute approximate surface area is 289 Å². The van der Waals surface area contributed by atoms with Crippen LogP contribution < -0.4 is 10.9 Å². The average Bonchev–Trinajstić information content (AvgIpc) is 3.61. The Morgan fingerprint density at radius 1 is 1.04 bits per heavy atom. The zero-order chi connectivity index (χ0) is 32.5. The summed E-state index contributed by atoms with van der Waals surface area (Å²) in [5, 5.41) is 11.2. The zero-order valence-corrected chi connectivity index (χ0v) is 28.5. The number of likely N-dealkylation sites (N-methyl/N-ethyl adjacent to an activating group) is 1. The van der Waals surface area contributed by atoms with Crippen LogP contribution >= 0.6 is 35.8 Å². The predicted octanol–water partition coefficient (Wildman–Crippen LogP) is 6.93. The molecule has 2 N–H and O–H groups in total. The van der Waals surface area contributed by atoms with E-state index in [1.54, 1.807) is 35.3 Å². The molecule has 0 saturated heterocycles. The number of carbonyl (C=O) groups excluding carboxylic acids is 1. The van der Waals surface area contributed by atoms with E-state index in [0.717, 1.165) is 34.4 Å². The molecule has 8 nitrogen and oxygen atoms in total. The van der Waals surface area contributed by atoms with Crippen LogP contribution in [-0.4, -0.2) is 50.2 Å². The molecule has 0 aliphatic heterocycles. The minimum atomic E-state index is -0.358. The number of nitrogens with one attached hydrogen (secondary N) is 2. The van der Waals surface area contributed by atoms with Gasteiger partial charge in [0.1, 0.15) is 12.4 Å². The molecule has 0 saturated carbocycles. The highest BCUT2D eigenvalue weighted by Crippen LogP contribution is 2.26. The van der Waals surface area contributed by atoms with Crippen LogP contribution in [0.2, 0.25) is 5.02 Å². The molecule has 0 fully saturated rings. The Balaban J connectivity index is 0.00000500. The topological polar surface area (TPSA) is 95.9 Å². The lowest BCUT2D eigenvalue weighted by Gasteiger charge is -2.25. The van der Waals surface area contributed by atoms with E-state index in [1.165, 1.54) is 23.9 Å². The molecule has 2 heterocycles. The Morgan fingerprint density at radius 3 is 2.34 bits per heavy atom. The van der Waals surface area contributed by atoms with Crippen molar-refractivity contribution >= 4 is 41.7 Å². The Morgan fingerprint density at radius 2 is 1.70 bits per heavy atom. The lowest BCUT2D eigenvalue weighted by molar-refractivity contribution is -0.132. The molecule has 3 aromatic carbocycles. The van der Waals surface area contributed by atoms with Crippen molar-refractivity contribution in [1.29, 1.82) is 0 Å². The van der Waals surface area contributed by atoms with E-state index >= 15 is 0 Å². The third kappa shape index (κ3) is 9.77. The van der Waals surface area contributed by atoms with Gasteiger partial charge in [-0.2, -0.15) is 10.1 Å². The van der Waals surface area contributed by atoms with Crippen LogP contribution in [0.5, 0.6) is 0 Å². The summed E-state index contributed by atoms with van der Waals surface area (Å²) in [6.07, 6.45) is 5.16. The summed E-state index contributed by atoms with van der Waals surface area (Å²) < 4.78 is 15.2. The number of hydrogen-bond acceptors (Lipinski definition) is 6. The number of carbonyl (C=O) groups is 1. The number of aromatic amines is 1. The quantitative estimate of drug-likeness (QED) is 0.0744. The van der Waals surface area contributed by atoms with E-state index in [-0.39, 0.29) is 42.2 Å². The van der Waals surface area contributed by atoms with Crippen LogP contribution in [0.1, 0.15) is 42.0 Å². The van der Waals surface area contributed by atoms with Gasteiger partial charge < -0.3 is 14.8 Å². The molecule has 5 rings (SSSR count). The standard InChI is InChI=1S/C35H36ClFN6O2S.ClH/c1-3-38-16-17-42(20-25-4-8-27(9-5-25)28-10-12-30(36)13-11-28)33(44)22-43-21-32(24(2)29-18-39-40-19-29)34(45)41-35(43)46-23-26-6-14-31(37)15-7-26;/h4-15,18-19,21,24,38H,3,16-17,20,22-23H2,1-2H3,(H,39,40);1H. The number of nitrogens with zero attached hydrogens (tertiary/aromatic N) is 4. The summed E-state index contributed by atoms with van der Waals surface area (Å²) in [4.78, 5) is 33.5. The van der Waals surface area contributed by atoms with Crippen LogP contribution in [0.3, 0.4) is 0 Å². The minimum Gasteiger partial charge on any atom is -0.336 e. The zero-order valence-electron chi connectivity index (χ0n) is 26.2. The molecule has 1 unspecified atom stereocenters. The van der Waals surface area contributed by atoms with E-state index in [2.05, 4.69) is 20.5 Å². The fourth-order valence-corrected chi connectivity index (χ4v) is 6.06. The van der Waals surface area contributed by atoms with E-state index in [4.69, 9.17) is 11.6 Å². The Hall–Kier alpha value is -3.96. The van der Waals surface area contributed by atoms with Crippen molar-refractivity contribution in [3.8, 4) is 11.1 Å². The Bertz CT molecular complexity index is 1780. The van der Waals surface area contributed by atoms with Gasteiger partial charge in [-0.3, -0.25) is 14.7 Å². The fraction of sp³-hybridized carbons (Fsp3) is 0.257. The number of hydrogen-bond donors (Lipinski definition) is 2. The number of halogens is 3. The van der Waals surface area contributed by atoms with Crippen molar-refractivity contribution in [2.24, 2.45) is 0 Å². The first-order valence-electron chi connectivity index (χ1n) is 15.1. The summed E-state index contributed by atoms with van der Waals surface area (Å²) >= 11 is 7.39. The molecule has 2 aromatic heterocycles. The van der Waals surface area contributed by atoms with E-state index in [1.807, 2.05) is 67.3 Å². The van der Waals surface area contributed by atoms with Gasteiger partial charge in [0.25, 0.3) is 5.56 Å². The molecule has 0 aliphatic rings. The van der Waals surface area contributed by atoms with E-state index in [0.29, 0.717) is 41.1 Å². The van der Waals surface area contributed by atoms with Gasteiger partial charge in [0.2, 0.25) is 5.91 Å². The SMILES string of the molecule is CCNCCN(Cc1ccc(-c2ccc(Cl)cc2)cc1)C(=O)Cn1cc(C(C)c2cn[nH]c2)c(=O)nc1SCc1ccc(F)cc1.Cl. The number of aromatic nitrogens is 4. The number of amides is 1. The van der Waals surface area contributed by atoms with E-state index < -0.39 is 0 Å². The highest BCUT2D eigenvalue weighted by Gasteiger charge is 2.21. The van der Waals surface area contributed by atoms with Crippen molar-refractivity contribution in [2.45, 2.75) is 43.8 Å². The molecule has 1 amide bonds. The molecule has 0 aliphatic carbocycles. The second-order valence-corrected chi connectivity index (χ2v) is 12.3. The monoisotopic (exact) mass is 694 g/mol. The first-order valence-corrected chi connectivity index (χ1v) is 16.5. The van der Waals surface area contributed by atoms with Crippen LogP contribution in [0, 0.1) is 5.82 Å². The van der Waals surface area contributed by atoms with Crippen LogP contribution in [0.15, 0.2) is 101 Å². The van der Waals surface area contributed by atoms with Crippen molar-refractivity contribution in [3.63, 3.8) is 0 Å². The number of thioether (sulfide) groups is 1. The number of benzene rings is 3. The summed E-state index contributed by atoms with van der Waals surface area (Å²) in [5.41, 5.74) is 4.96. The van der Waals surface area contributed by atoms with Crippen LogP contribution in [0.4, 0.5) is 4.39 Å². The van der Waals surface area contributed by atoms with Crippen molar-refractivity contribution in [2.75, 3.05) is 19.6 Å². The normalized spacial score (nSPS) is 11.6. The van der Waals surface area contributed by atoms with Crippen molar-refractivity contribution in [1.82, 2.24) is 30.0 Å². The summed E-state index contributed by atoms with van der Waals surface area (Å²) in [5.74, 6) is -0.234. The van der Waals surface area contributed by atoms with Gasteiger partial charge in [-0.25, -0.2) is 4.39 Å². The first kappa shape index (κ1) is 35.9. The van der Waals surface area contributed by atoms with Gasteiger partial charge in [-0.1, -0.05) is 85.7 Å². The molecule has 1 atom stereocenters.